The fraction of sp³-hybridized carbons (Fsp3) is 0.0833. The maximum Gasteiger partial charge on any atom is 0.195 e. The molecule has 0 amide bonds. The van der Waals surface area contributed by atoms with Crippen molar-refractivity contribution in [3.05, 3.63) is 106 Å². The standard InChI is InChI=1S/C24H18O2/c1-15-7-11-17(12-8-15)21-22(18-13-9-16(2)10-14-18)24(26)20-6-4-3-5-19(20)23(21)25/h3-14H,1-2H3. The van der Waals surface area contributed by atoms with E-state index in [1.807, 2.05) is 62.4 Å². The van der Waals surface area contributed by atoms with Gasteiger partial charge in [-0.25, -0.2) is 0 Å². The quantitative estimate of drug-likeness (QED) is 0.636. The summed E-state index contributed by atoms with van der Waals surface area (Å²) in [5.41, 5.74) is 5.70. The molecule has 3 aromatic rings. The molecule has 0 saturated carbocycles. The number of carbonyl (C=O) groups excluding carboxylic acids is 2. The van der Waals surface area contributed by atoms with Crippen LogP contribution in [-0.4, -0.2) is 11.6 Å². The topological polar surface area (TPSA) is 34.1 Å². The Labute approximate surface area is 152 Å². The molecule has 0 atom stereocenters. The van der Waals surface area contributed by atoms with Gasteiger partial charge in [-0.05, 0) is 25.0 Å². The number of carbonyl (C=O) groups is 2. The molecule has 0 spiro atoms. The van der Waals surface area contributed by atoms with Crippen molar-refractivity contribution >= 4 is 22.7 Å². The van der Waals surface area contributed by atoms with Gasteiger partial charge in [-0.3, -0.25) is 9.59 Å². The largest absolute Gasteiger partial charge is 0.289 e. The first kappa shape index (κ1) is 16.2. The fourth-order valence-corrected chi connectivity index (χ4v) is 3.37. The molecule has 0 aliphatic heterocycles. The third-order valence-corrected chi connectivity index (χ3v) is 4.80. The van der Waals surface area contributed by atoms with E-state index in [1.54, 1.807) is 24.3 Å². The predicted molar refractivity (Wildman–Crippen MR) is 104 cm³/mol. The molecular formula is C24H18O2. The highest BCUT2D eigenvalue weighted by molar-refractivity contribution is 6.51. The number of aryl methyl sites for hydroxylation is 2. The van der Waals surface area contributed by atoms with Crippen molar-refractivity contribution in [3.8, 4) is 0 Å². The Morgan fingerprint density at radius 3 is 1.19 bits per heavy atom. The molecule has 2 heteroatoms. The summed E-state index contributed by atoms with van der Waals surface area (Å²) in [6.07, 6.45) is 0. The fourth-order valence-electron chi connectivity index (χ4n) is 3.37. The van der Waals surface area contributed by atoms with Crippen LogP contribution < -0.4 is 0 Å². The second-order valence-corrected chi connectivity index (χ2v) is 6.69. The van der Waals surface area contributed by atoms with Gasteiger partial charge in [0, 0.05) is 22.3 Å². The van der Waals surface area contributed by atoms with Crippen LogP contribution in [0.25, 0.3) is 11.1 Å². The molecule has 126 valence electrons. The number of ketones is 2. The highest BCUT2D eigenvalue weighted by atomic mass is 16.1. The Bertz CT molecular complexity index is 966. The summed E-state index contributed by atoms with van der Waals surface area (Å²) in [7, 11) is 0. The van der Waals surface area contributed by atoms with Crippen LogP contribution in [0.4, 0.5) is 0 Å². The molecule has 0 saturated heterocycles. The van der Waals surface area contributed by atoms with Gasteiger partial charge >= 0.3 is 0 Å². The predicted octanol–water partition coefficient (Wildman–Crippen LogP) is 5.29. The minimum absolute atomic E-state index is 0.0976. The van der Waals surface area contributed by atoms with E-state index in [1.165, 1.54) is 0 Å². The summed E-state index contributed by atoms with van der Waals surface area (Å²) in [6.45, 7) is 4.00. The van der Waals surface area contributed by atoms with Crippen LogP contribution in [-0.2, 0) is 0 Å². The summed E-state index contributed by atoms with van der Waals surface area (Å²) >= 11 is 0. The van der Waals surface area contributed by atoms with Crippen LogP contribution in [0.5, 0.6) is 0 Å². The third kappa shape index (κ3) is 2.60. The average Bonchev–Trinajstić information content (AvgIpc) is 2.66. The van der Waals surface area contributed by atoms with Gasteiger partial charge in [0.05, 0.1) is 0 Å². The van der Waals surface area contributed by atoms with Gasteiger partial charge in [0.15, 0.2) is 11.6 Å². The normalized spacial score (nSPS) is 13.8. The maximum absolute atomic E-state index is 13.3. The van der Waals surface area contributed by atoms with Gasteiger partial charge < -0.3 is 0 Å². The average molecular weight is 338 g/mol. The van der Waals surface area contributed by atoms with Gasteiger partial charge in [0.2, 0.25) is 0 Å². The minimum Gasteiger partial charge on any atom is -0.289 e. The SMILES string of the molecule is Cc1ccc(C2=C(c3ccc(C)cc3)C(=O)c3ccccc3C2=O)cc1. The van der Waals surface area contributed by atoms with E-state index < -0.39 is 0 Å². The molecular weight excluding hydrogens is 320 g/mol. The van der Waals surface area contributed by atoms with Crippen LogP contribution in [0, 0.1) is 13.8 Å². The molecule has 1 aliphatic rings. The van der Waals surface area contributed by atoms with E-state index in [4.69, 9.17) is 0 Å². The van der Waals surface area contributed by atoms with Crippen molar-refractivity contribution in [2.45, 2.75) is 13.8 Å². The lowest BCUT2D eigenvalue weighted by Gasteiger charge is -2.22. The van der Waals surface area contributed by atoms with Crippen LogP contribution >= 0.6 is 0 Å². The molecule has 2 nitrogen and oxygen atoms in total. The third-order valence-electron chi connectivity index (χ3n) is 4.80. The molecule has 0 fully saturated rings. The zero-order valence-corrected chi connectivity index (χ0v) is 14.7. The Hall–Kier alpha value is -3.26. The zero-order valence-electron chi connectivity index (χ0n) is 14.7. The van der Waals surface area contributed by atoms with Crippen molar-refractivity contribution in [1.82, 2.24) is 0 Å². The van der Waals surface area contributed by atoms with Crippen molar-refractivity contribution in [2.75, 3.05) is 0 Å². The van der Waals surface area contributed by atoms with Crippen LogP contribution in [0.2, 0.25) is 0 Å². The minimum atomic E-state index is -0.0976. The van der Waals surface area contributed by atoms with Gasteiger partial charge in [0.25, 0.3) is 0 Å². The molecule has 0 unspecified atom stereocenters. The molecule has 0 bridgehead atoms. The van der Waals surface area contributed by atoms with E-state index in [2.05, 4.69) is 0 Å². The number of allylic oxidation sites excluding steroid dienone is 2. The second kappa shape index (κ2) is 6.23. The number of Topliss-reactive ketones (excluding diaryl/α,β-unsaturated/α-hetero) is 2. The van der Waals surface area contributed by atoms with Crippen LogP contribution in [0.15, 0.2) is 72.8 Å². The summed E-state index contributed by atoms with van der Waals surface area (Å²) in [5.74, 6) is -0.195. The molecule has 26 heavy (non-hydrogen) atoms. The summed E-state index contributed by atoms with van der Waals surface area (Å²) in [6, 6.07) is 22.6. The first-order chi connectivity index (χ1) is 12.6. The van der Waals surface area contributed by atoms with Gasteiger partial charge in [-0.1, -0.05) is 83.9 Å². The van der Waals surface area contributed by atoms with Crippen LogP contribution in [0.3, 0.4) is 0 Å². The lowest BCUT2D eigenvalue weighted by Crippen LogP contribution is -2.20. The Balaban J connectivity index is 2.03. The molecule has 0 N–H and O–H groups in total. The van der Waals surface area contributed by atoms with E-state index in [0.29, 0.717) is 22.3 Å². The van der Waals surface area contributed by atoms with Gasteiger partial charge in [-0.15, -0.1) is 0 Å². The van der Waals surface area contributed by atoms with E-state index in [9.17, 15) is 9.59 Å². The highest BCUT2D eigenvalue weighted by Crippen LogP contribution is 2.37. The number of hydrogen-bond donors (Lipinski definition) is 0. The molecule has 1 aliphatic carbocycles. The highest BCUT2D eigenvalue weighted by Gasteiger charge is 2.33. The smallest absolute Gasteiger partial charge is 0.195 e. The maximum atomic E-state index is 13.3. The number of fused-ring (bicyclic) bond motifs is 1. The molecule has 0 heterocycles. The van der Waals surface area contributed by atoms with Crippen LogP contribution in [0.1, 0.15) is 43.0 Å². The molecule has 0 radical (unpaired) electrons. The Morgan fingerprint density at radius 1 is 0.500 bits per heavy atom. The zero-order chi connectivity index (χ0) is 18.3. The second-order valence-electron chi connectivity index (χ2n) is 6.69. The van der Waals surface area contributed by atoms with E-state index >= 15 is 0 Å². The molecule has 4 rings (SSSR count). The van der Waals surface area contributed by atoms with E-state index in [-0.39, 0.29) is 11.6 Å². The van der Waals surface area contributed by atoms with Gasteiger partial charge in [0.1, 0.15) is 0 Å². The number of benzene rings is 3. The first-order valence-electron chi connectivity index (χ1n) is 8.63. The lowest BCUT2D eigenvalue weighted by molar-refractivity contribution is 0.101. The van der Waals surface area contributed by atoms with E-state index in [0.717, 1.165) is 22.3 Å². The lowest BCUT2D eigenvalue weighted by atomic mass is 9.78. The monoisotopic (exact) mass is 338 g/mol. The summed E-state index contributed by atoms with van der Waals surface area (Å²) < 4.78 is 0. The van der Waals surface area contributed by atoms with Crippen molar-refractivity contribution in [3.63, 3.8) is 0 Å². The summed E-state index contributed by atoms with van der Waals surface area (Å²) in [5, 5.41) is 0. The first-order valence-corrected chi connectivity index (χ1v) is 8.63. The summed E-state index contributed by atoms with van der Waals surface area (Å²) in [4.78, 5) is 26.6. The Kier molecular flexibility index (Phi) is 3.89. The van der Waals surface area contributed by atoms with Crippen molar-refractivity contribution < 1.29 is 9.59 Å². The van der Waals surface area contributed by atoms with Crippen molar-refractivity contribution in [2.24, 2.45) is 0 Å². The number of rotatable bonds is 2. The number of hydrogen-bond acceptors (Lipinski definition) is 2. The van der Waals surface area contributed by atoms with Crippen molar-refractivity contribution in [1.29, 1.82) is 0 Å². The van der Waals surface area contributed by atoms with Gasteiger partial charge in [-0.2, -0.15) is 0 Å². The molecule has 0 aromatic heterocycles. The Morgan fingerprint density at radius 2 is 0.846 bits per heavy atom. The molecule has 3 aromatic carbocycles.